The Morgan fingerprint density at radius 3 is 2.78 bits per heavy atom. The van der Waals surface area contributed by atoms with E-state index in [4.69, 9.17) is 0 Å². The molecule has 0 unspecified atom stereocenters. The Hall–Kier alpha value is -2.24. The van der Waals surface area contributed by atoms with Crippen LogP contribution in [0.1, 0.15) is 61.7 Å². The van der Waals surface area contributed by atoms with Crippen LogP contribution in [0.15, 0.2) is 18.5 Å². The predicted octanol–water partition coefficient (Wildman–Crippen LogP) is 2.54. The number of hydrogen-bond acceptors (Lipinski definition) is 4. The van der Waals surface area contributed by atoms with Crippen molar-refractivity contribution in [2.75, 3.05) is 0 Å². The van der Waals surface area contributed by atoms with Crippen molar-refractivity contribution in [3.63, 3.8) is 0 Å². The molecule has 1 amide bonds. The molecular weight excluding hydrogens is 290 g/mol. The lowest BCUT2D eigenvalue weighted by molar-refractivity contribution is 0.0737. The summed E-state index contributed by atoms with van der Waals surface area (Å²) < 4.78 is 1.78. The first-order valence-corrected chi connectivity index (χ1v) is 8.06. The molecule has 122 valence electrons. The Balaban J connectivity index is 1.81. The second kappa shape index (κ2) is 5.76. The lowest BCUT2D eigenvalue weighted by Crippen LogP contribution is -2.28. The van der Waals surface area contributed by atoms with Gasteiger partial charge in [-0.1, -0.05) is 27.7 Å². The number of hydrogen-bond donors (Lipinski definition) is 0. The van der Waals surface area contributed by atoms with Crippen LogP contribution in [0.5, 0.6) is 0 Å². The molecule has 0 N–H and O–H groups in total. The third kappa shape index (κ3) is 2.98. The van der Waals surface area contributed by atoms with Gasteiger partial charge in [0, 0.05) is 36.5 Å². The van der Waals surface area contributed by atoms with E-state index in [-0.39, 0.29) is 11.3 Å². The SMILES string of the molecule is CCCn1nccc1C(=O)N1Cc2cnc(C(C)(C)C)nc2C1. The topological polar surface area (TPSA) is 63.9 Å². The summed E-state index contributed by atoms with van der Waals surface area (Å²) in [6, 6.07) is 1.78. The average molecular weight is 313 g/mol. The number of carbonyl (C=O) groups excluding carboxylic acids is 1. The molecule has 0 aromatic carbocycles. The Labute approximate surface area is 136 Å². The molecule has 0 radical (unpaired) electrons. The molecule has 0 bridgehead atoms. The Bertz CT molecular complexity index is 729. The minimum atomic E-state index is -0.0911. The zero-order valence-electron chi connectivity index (χ0n) is 14.2. The average Bonchev–Trinajstić information content (AvgIpc) is 3.11. The predicted molar refractivity (Wildman–Crippen MR) is 86.8 cm³/mol. The summed E-state index contributed by atoms with van der Waals surface area (Å²) in [6.45, 7) is 10.2. The highest BCUT2D eigenvalue weighted by atomic mass is 16.2. The van der Waals surface area contributed by atoms with Crippen molar-refractivity contribution >= 4 is 5.91 Å². The summed E-state index contributed by atoms with van der Waals surface area (Å²) in [5.74, 6) is 0.827. The van der Waals surface area contributed by atoms with E-state index in [0.717, 1.165) is 30.0 Å². The monoisotopic (exact) mass is 313 g/mol. The van der Waals surface area contributed by atoms with E-state index < -0.39 is 0 Å². The van der Waals surface area contributed by atoms with Gasteiger partial charge in [-0.15, -0.1) is 0 Å². The highest BCUT2D eigenvalue weighted by Gasteiger charge is 2.29. The van der Waals surface area contributed by atoms with Crippen molar-refractivity contribution in [2.24, 2.45) is 0 Å². The van der Waals surface area contributed by atoms with Gasteiger partial charge >= 0.3 is 0 Å². The first-order chi connectivity index (χ1) is 10.9. The van der Waals surface area contributed by atoms with Crippen LogP contribution < -0.4 is 0 Å². The van der Waals surface area contributed by atoms with Crippen LogP contribution in [0.3, 0.4) is 0 Å². The van der Waals surface area contributed by atoms with Gasteiger partial charge in [-0.25, -0.2) is 9.97 Å². The van der Waals surface area contributed by atoms with E-state index in [1.807, 2.05) is 11.1 Å². The third-order valence-corrected chi connectivity index (χ3v) is 3.99. The number of fused-ring (bicyclic) bond motifs is 1. The Morgan fingerprint density at radius 2 is 2.09 bits per heavy atom. The quantitative estimate of drug-likeness (QED) is 0.873. The second-order valence-electron chi connectivity index (χ2n) is 7.02. The molecule has 2 aromatic rings. The van der Waals surface area contributed by atoms with Gasteiger partial charge in [0.2, 0.25) is 0 Å². The zero-order chi connectivity index (χ0) is 16.6. The van der Waals surface area contributed by atoms with Gasteiger partial charge in [0.1, 0.15) is 11.5 Å². The number of rotatable bonds is 3. The molecule has 2 aromatic heterocycles. The van der Waals surface area contributed by atoms with E-state index >= 15 is 0 Å². The number of nitrogens with zero attached hydrogens (tertiary/aromatic N) is 5. The molecular formula is C17H23N5O. The fourth-order valence-corrected chi connectivity index (χ4v) is 2.72. The van der Waals surface area contributed by atoms with Crippen LogP contribution in [0, 0.1) is 0 Å². The molecule has 0 saturated heterocycles. The fourth-order valence-electron chi connectivity index (χ4n) is 2.72. The first kappa shape index (κ1) is 15.6. The van der Waals surface area contributed by atoms with Crippen molar-refractivity contribution in [3.05, 3.63) is 41.2 Å². The van der Waals surface area contributed by atoms with Gasteiger partial charge in [-0.05, 0) is 12.5 Å². The van der Waals surface area contributed by atoms with Gasteiger partial charge in [0.15, 0.2) is 0 Å². The maximum absolute atomic E-state index is 12.8. The molecule has 1 aliphatic rings. The summed E-state index contributed by atoms with van der Waals surface area (Å²) >= 11 is 0. The molecule has 0 fully saturated rings. The zero-order valence-corrected chi connectivity index (χ0v) is 14.2. The molecule has 3 rings (SSSR count). The Morgan fingerprint density at radius 1 is 1.30 bits per heavy atom. The molecule has 0 aliphatic carbocycles. The number of amides is 1. The summed E-state index contributed by atoms with van der Waals surface area (Å²) in [7, 11) is 0. The number of aryl methyl sites for hydroxylation is 1. The van der Waals surface area contributed by atoms with E-state index in [1.165, 1.54) is 0 Å². The van der Waals surface area contributed by atoms with E-state index in [9.17, 15) is 4.79 Å². The highest BCUT2D eigenvalue weighted by molar-refractivity contribution is 5.92. The Kier molecular flexibility index (Phi) is 3.92. The van der Waals surface area contributed by atoms with Crippen LogP contribution in [0.4, 0.5) is 0 Å². The van der Waals surface area contributed by atoms with Crippen LogP contribution in [0.25, 0.3) is 0 Å². The first-order valence-electron chi connectivity index (χ1n) is 8.06. The smallest absolute Gasteiger partial charge is 0.272 e. The van der Waals surface area contributed by atoms with Crippen molar-refractivity contribution in [1.29, 1.82) is 0 Å². The lowest BCUT2D eigenvalue weighted by Gasteiger charge is -2.16. The minimum Gasteiger partial charge on any atom is -0.327 e. The largest absolute Gasteiger partial charge is 0.327 e. The number of carbonyl (C=O) groups is 1. The molecule has 3 heterocycles. The van der Waals surface area contributed by atoms with Crippen molar-refractivity contribution < 1.29 is 4.79 Å². The second-order valence-corrected chi connectivity index (χ2v) is 7.02. The lowest BCUT2D eigenvalue weighted by atomic mass is 9.95. The van der Waals surface area contributed by atoms with Crippen LogP contribution in [-0.2, 0) is 25.0 Å². The number of aromatic nitrogens is 4. The van der Waals surface area contributed by atoms with Gasteiger partial charge in [-0.3, -0.25) is 9.48 Å². The van der Waals surface area contributed by atoms with Gasteiger partial charge in [0.25, 0.3) is 5.91 Å². The van der Waals surface area contributed by atoms with Gasteiger partial charge in [-0.2, -0.15) is 5.10 Å². The molecule has 1 aliphatic heterocycles. The standard InChI is InChI=1S/C17H23N5O/c1-5-8-22-14(6-7-19-22)15(23)21-10-12-9-18-16(17(2,3)4)20-13(12)11-21/h6-7,9H,5,8,10-11H2,1-4H3. The summed E-state index contributed by atoms with van der Waals surface area (Å²) in [6.07, 6.45) is 4.49. The molecule has 23 heavy (non-hydrogen) atoms. The van der Waals surface area contributed by atoms with E-state index in [1.54, 1.807) is 16.9 Å². The van der Waals surface area contributed by atoms with Crippen molar-refractivity contribution in [1.82, 2.24) is 24.6 Å². The maximum Gasteiger partial charge on any atom is 0.272 e. The molecule has 6 nitrogen and oxygen atoms in total. The van der Waals surface area contributed by atoms with Crippen LogP contribution in [0.2, 0.25) is 0 Å². The van der Waals surface area contributed by atoms with Crippen molar-refractivity contribution in [2.45, 2.75) is 59.2 Å². The summed E-state index contributed by atoms with van der Waals surface area (Å²) in [5, 5.41) is 4.24. The minimum absolute atomic E-state index is 0.00580. The maximum atomic E-state index is 12.8. The highest BCUT2D eigenvalue weighted by Crippen LogP contribution is 2.25. The van der Waals surface area contributed by atoms with Crippen molar-refractivity contribution in [3.8, 4) is 0 Å². The molecule has 0 saturated carbocycles. The molecule has 6 heteroatoms. The fraction of sp³-hybridized carbons (Fsp3) is 0.529. The third-order valence-electron chi connectivity index (χ3n) is 3.99. The summed E-state index contributed by atoms with van der Waals surface area (Å²) in [5.41, 5.74) is 2.54. The van der Waals surface area contributed by atoms with Gasteiger partial charge < -0.3 is 4.90 Å². The van der Waals surface area contributed by atoms with Crippen LogP contribution in [-0.4, -0.2) is 30.6 Å². The van der Waals surface area contributed by atoms with E-state index in [0.29, 0.717) is 18.8 Å². The summed E-state index contributed by atoms with van der Waals surface area (Å²) in [4.78, 5) is 23.7. The normalized spacial score (nSPS) is 14.2. The van der Waals surface area contributed by atoms with Crippen LogP contribution >= 0.6 is 0 Å². The van der Waals surface area contributed by atoms with E-state index in [2.05, 4.69) is 42.8 Å². The molecule has 0 atom stereocenters. The molecule has 0 spiro atoms. The van der Waals surface area contributed by atoms with Gasteiger partial charge in [0.05, 0.1) is 12.2 Å².